The zero-order valence-electron chi connectivity index (χ0n) is 22.8. The third kappa shape index (κ3) is 4.59. The number of halogens is 2. The van der Waals surface area contributed by atoms with Crippen molar-refractivity contribution in [3.8, 4) is 5.75 Å². The number of carboxylic acids is 1. The topological polar surface area (TPSA) is 97.8 Å². The molecule has 2 aromatic carbocycles. The van der Waals surface area contributed by atoms with Gasteiger partial charge in [0.15, 0.2) is 0 Å². The number of ether oxygens (including phenoxy) is 1. The van der Waals surface area contributed by atoms with Crippen molar-refractivity contribution in [1.29, 1.82) is 0 Å². The Labute approximate surface area is 251 Å². The van der Waals surface area contributed by atoms with Crippen LogP contribution in [0.2, 0.25) is 0 Å². The maximum Gasteiger partial charge on any atom is 0.337 e. The van der Waals surface area contributed by atoms with Crippen LogP contribution in [0.4, 0.5) is 11.4 Å². The van der Waals surface area contributed by atoms with Crippen molar-refractivity contribution in [2.24, 2.45) is 7.05 Å². The quantitative estimate of drug-likeness (QED) is 0.231. The van der Waals surface area contributed by atoms with E-state index >= 15 is 0 Å². The van der Waals surface area contributed by atoms with E-state index in [9.17, 15) is 14.7 Å². The molecular formula is C32H27Cl2N3O5. The molecule has 1 N–H and O–H groups in total. The fraction of sp³-hybridized carbons (Fsp3) is 0.281. The lowest BCUT2D eigenvalue weighted by Gasteiger charge is -2.30. The van der Waals surface area contributed by atoms with Crippen LogP contribution in [0, 0.1) is 0 Å². The van der Waals surface area contributed by atoms with Gasteiger partial charge in [-0.3, -0.25) is 9.69 Å². The maximum absolute atomic E-state index is 13.2. The minimum Gasteiger partial charge on any atom is -0.489 e. The number of carbonyl (C=O) groups is 2. The number of rotatable bonds is 7. The molecule has 214 valence electrons. The molecule has 1 amide bonds. The van der Waals surface area contributed by atoms with E-state index in [1.807, 2.05) is 30.3 Å². The van der Waals surface area contributed by atoms with Gasteiger partial charge in [-0.2, -0.15) is 0 Å². The third-order valence-electron chi connectivity index (χ3n) is 8.20. The first kappa shape index (κ1) is 26.9. The molecule has 0 saturated heterocycles. The van der Waals surface area contributed by atoms with Crippen molar-refractivity contribution in [2.75, 3.05) is 4.90 Å². The number of anilines is 2. The third-order valence-corrected chi connectivity index (χ3v) is 8.92. The van der Waals surface area contributed by atoms with Gasteiger partial charge >= 0.3 is 5.97 Å². The van der Waals surface area contributed by atoms with Gasteiger partial charge in [0.1, 0.15) is 23.8 Å². The van der Waals surface area contributed by atoms with Crippen LogP contribution >= 0.6 is 23.2 Å². The number of benzene rings is 2. The number of allylic oxidation sites excluding steroid dienone is 4. The summed E-state index contributed by atoms with van der Waals surface area (Å²) in [7, 11) is 1.80. The molecule has 3 heterocycles. The normalized spacial score (nSPS) is 17.1. The van der Waals surface area contributed by atoms with Gasteiger partial charge in [0.25, 0.3) is 0 Å². The lowest BCUT2D eigenvalue weighted by Crippen LogP contribution is -2.30. The molecular weight excluding hydrogens is 577 g/mol. The molecule has 4 aromatic rings. The zero-order valence-corrected chi connectivity index (χ0v) is 24.3. The molecule has 2 aromatic heterocycles. The van der Waals surface area contributed by atoms with Crippen molar-refractivity contribution in [2.45, 2.75) is 51.0 Å². The number of aromatic carboxylic acids is 1. The Kier molecular flexibility index (Phi) is 6.63. The summed E-state index contributed by atoms with van der Waals surface area (Å²) in [6.45, 7) is 0.250. The van der Waals surface area contributed by atoms with Crippen LogP contribution in [-0.4, -0.2) is 26.7 Å². The number of aryl methyl sites for hydroxylation is 2. The predicted molar refractivity (Wildman–Crippen MR) is 161 cm³/mol. The Hall–Kier alpha value is -4.01. The van der Waals surface area contributed by atoms with E-state index in [4.69, 9.17) is 32.5 Å². The second-order valence-electron chi connectivity index (χ2n) is 11.0. The van der Waals surface area contributed by atoms with E-state index in [-0.39, 0.29) is 18.1 Å². The lowest BCUT2D eigenvalue weighted by molar-refractivity contribution is -0.118. The van der Waals surface area contributed by atoms with Gasteiger partial charge in [-0.25, -0.2) is 4.79 Å². The fourth-order valence-corrected chi connectivity index (χ4v) is 6.59. The Morgan fingerprint density at radius 1 is 1.14 bits per heavy atom. The summed E-state index contributed by atoms with van der Waals surface area (Å²) < 4.78 is 13.9. The molecule has 0 bridgehead atoms. The molecule has 0 radical (unpaired) electrons. The molecule has 0 atom stereocenters. The Morgan fingerprint density at radius 2 is 1.98 bits per heavy atom. The minimum atomic E-state index is -0.985. The van der Waals surface area contributed by atoms with Crippen LogP contribution in [0.15, 0.2) is 63.3 Å². The summed E-state index contributed by atoms with van der Waals surface area (Å²) in [6, 6.07) is 11.1. The average molecular weight is 604 g/mol. The molecule has 1 fully saturated rings. The second kappa shape index (κ2) is 10.4. The Bertz CT molecular complexity index is 1850. The molecule has 3 aliphatic rings. The summed E-state index contributed by atoms with van der Waals surface area (Å²) in [4.78, 5) is 26.5. The van der Waals surface area contributed by atoms with Crippen LogP contribution in [0.1, 0.15) is 71.0 Å². The van der Waals surface area contributed by atoms with Crippen molar-refractivity contribution < 1.29 is 24.0 Å². The molecule has 2 aliphatic carbocycles. The number of carbonyl (C=O) groups excluding carboxylic acids is 1. The van der Waals surface area contributed by atoms with Crippen LogP contribution in [0.3, 0.4) is 0 Å². The number of aromatic nitrogens is 2. The molecule has 10 heteroatoms. The smallest absolute Gasteiger partial charge is 0.337 e. The minimum absolute atomic E-state index is 0.0195. The number of nitrogens with zero attached hydrogens (tertiary/aromatic N) is 3. The van der Waals surface area contributed by atoms with E-state index in [1.54, 1.807) is 34.8 Å². The van der Waals surface area contributed by atoms with Crippen molar-refractivity contribution >= 4 is 62.9 Å². The number of hydrogen-bond acceptors (Lipinski definition) is 5. The van der Waals surface area contributed by atoms with E-state index in [0.717, 1.165) is 47.4 Å². The summed E-state index contributed by atoms with van der Waals surface area (Å²) >= 11 is 13.1. The summed E-state index contributed by atoms with van der Waals surface area (Å²) in [6.07, 6.45) is 8.07. The highest BCUT2D eigenvalue weighted by molar-refractivity contribution is 6.42. The molecule has 1 aliphatic heterocycles. The Balaban J connectivity index is 1.19. The number of fused-ring (bicyclic) bond motifs is 2. The largest absolute Gasteiger partial charge is 0.489 e. The van der Waals surface area contributed by atoms with Gasteiger partial charge in [0, 0.05) is 46.6 Å². The average Bonchev–Trinajstić information content (AvgIpc) is 3.65. The highest BCUT2D eigenvalue weighted by atomic mass is 35.5. The number of hydrogen-bond donors (Lipinski definition) is 1. The summed E-state index contributed by atoms with van der Waals surface area (Å²) in [5.41, 5.74) is 5.64. The van der Waals surface area contributed by atoms with Crippen LogP contribution in [0.5, 0.6) is 5.75 Å². The summed E-state index contributed by atoms with van der Waals surface area (Å²) in [5, 5.41) is 15.8. The highest BCUT2D eigenvalue weighted by Crippen LogP contribution is 2.46. The van der Waals surface area contributed by atoms with E-state index in [0.29, 0.717) is 63.3 Å². The molecule has 42 heavy (non-hydrogen) atoms. The second-order valence-corrected chi connectivity index (χ2v) is 11.9. The molecule has 0 unspecified atom stereocenters. The SMILES string of the molecule is Cn1cc(C(=O)O)c2ccc(N3C(=O)CCc4cc(OCc5c(C6=C(Cl)CCC=C6Cl)noc5C5CC5)ccc43)cc21. The maximum atomic E-state index is 13.2. The van der Waals surface area contributed by atoms with Crippen molar-refractivity contribution in [1.82, 2.24) is 9.72 Å². The van der Waals surface area contributed by atoms with Gasteiger partial charge in [0.05, 0.1) is 28.0 Å². The van der Waals surface area contributed by atoms with Crippen LogP contribution < -0.4 is 9.64 Å². The molecule has 7 rings (SSSR count). The Morgan fingerprint density at radius 3 is 2.74 bits per heavy atom. The first-order valence-electron chi connectivity index (χ1n) is 13.9. The predicted octanol–water partition coefficient (Wildman–Crippen LogP) is 7.80. The molecule has 0 spiro atoms. The highest BCUT2D eigenvalue weighted by Gasteiger charge is 2.35. The number of amides is 1. The van der Waals surface area contributed by atoms with Gasteiger partial charge < -0.3 is 18.9 Å². The van der Waals surface area contributed by atoms with Gasteiger partial charge in [-0.1, -0.05) is 34.4 Å². The van der Waals surface area contributed by atoms with Crippen LogP contribution in [-0.2, 0) is 24.9 Å². The van der Waals surface area contributed by atoms with E-state index in [1.165, 1.54) is 0 Å². The van der Waals surface area contributed by atoms with Crippen LogP contribution in [0.25, 0.3) is 16.5 Å². The van der Waals surface area contributed by atoms with Gasteiger partial charge in [-0.05, 0) is 74.1 Å². The van der Waals surface area contributed by atoms with Gasteiger partial charge in [-0.15, -0.1) is 0 Å². The molecule has 1 saturated carbocycles. The first-order valence-corrected chi connectivity index (χ1v) is 14.7. The monoisotopic (exact) mass is 603 g/mol. The number of carboxylic acid groups (broad SMARTS) is 1. The molecule has 8 nitrogen and oxygen atoms in total. The van der Waals surface area contributed by atoms with Crippen molar-refractivity contribution in [3.63, 3.8) is 0 Å². The zero-order chi connectivity index (χ0) is 29.1. The lowest BCUT2D eigenvalue weighted by atomic mass is 9.99. The first-order chi connectivity index (χ1) is 20.3. The van der Waals surface area contributed by atoms with E-state index in [2.05, 4.69) is 5.16 Å². The fourth-order valence-electron chi connectivity index (χ4n) is 5.93. The standard InChI is InChI=1S/C32H27Cl2N3O5/c1-36-15-22(32(39)40)21-10-8-19(14-27(21)36)37-26-11-9-20(13-18(26)7-12-28(37)38)41-16-23-30(35-42-31(23)17-5-6-17)29-24(33)3-2-4-25(29)34/h3,8-11,13-15,17H,2,4-7,12,16H2,1H3,(H,39,40). The van der Waals surface area contributed by atoms with Crippen molar-refractivity contribution in [3.05, 3.63) is 86.9 Å². The van der Waals surface area contributed by atoms with Gasteiger partial charge in [0.2, 0.25) is 5.91 Å². The summed E-state index contributed by atoms with van der Waals surface area (Å²) in [5.74, 6) is 0.821. The van der Waals surface area contributed by atoms with E-state index < -0.39 is 5.97 Å².